The average molecular weight is 374 g/mol. The number of benzene rings is 1. The molecule has 0 saturated carbocycles. The summed E-state index contributed by atoms with van der Waals surface area (Å²) in [6.45, 7) is 3.28. The summed E-state index contributed by atoms with van der Waals surface area (Å²) in [5, 5.41) is 8.91. The largest absolute Gasteiger partial charge is 0.492 e. The molecule has 1 aliphatic heterocycles. The monoisotopic (exact) mass is 373 g/mol. The maximum Gasteiger partial charge on any atom is 0.221 e. The molecule has 8 heteroatoms. The van der Waals surface area contributed by atoms with Crippen molar-refractivity contribution >= 4 is 41.7 Å². The maximum absolute atomic E-state index is 11.8. The van der Waals surface area contributed by atoms with Gasteiger partial charge in [-0.25, -0.2) is 0 Å². The first kappa shape index (κ1) is 20.6. The highest BCUT2D eigenvalue weighted by atomic mass is 35.5. The molecule has 6 nitrogen and oxygen atoms in total. The lowest BCUT2D eigenvalue weighted by Crippen LogP contribution is -2.41. The Kier molecular flexibility index (Phi) is 9.59. The summed E-state index contributed by atoms with van der Waals surface area (Å²) in [7, 11) is 0. The molecule has 1 aromatic carbocycles. The van der Waals surface area contributed by atoms with Crippen LogP contribution in [0, 0.1) is 0 Å². The van der Waals surface area contributed by atoms with Crippen LogP contribution in [-0.2, 0) is 9.59 Å². The molecule has 134 valence electrons. The molecule has 1 unspecified atom stereocenters. The first-order chi connectivity index (χ1) is 11.1. The van der Waals surface area contributed by atoms with Crippen LogP contribution in [0.15, 0.2) is 24.3 Å². The second-order valence-electron chi connectivity index (χ2n) is 5.34. The molecule has 2 amide bonds. The van der Waals surface area contributed by atoms with Crippen LogP contribution in [0.1, 0.15) is 13.3 Å². The summed E-state index contributed by atoms with van der Waals surface area (Å²) >= 11 is 1.88. The third-order valence-corrected chi connectivity index (χ3v) is 4.41. The molecule has 1 aromatic rings. The van der Waals surface area contributed by atoms with Crippen molar-refractivity contribution < 1.29 is 14.3 Å². The number of ether oxygens (including phenoxy) is 1. The van der Waals surface area contributed by atoms with Gasteiger partial charge in [0.2, 0.25) is 11.8 Å². The second kappa shape index (κ2) is 11.2. The quantitative estimate of drug-likeness (QED) is 0.633. The standard InChI is InChI=1S/C16H23N3O3S.ClH/c1-12(20)19-13-3-2-4-15(9-13)22-7-5-18-16(21)10-14-11-23-8-6-17-14;/h2-4,9,14,17H,5-8,10-11H2,1H3,(H,18,21)(H,19,20);1H. The van der Waals surface area contributed by atoms with E-state index in [-0.39, 0.29) is 30.3 Å². The van der Waals surface area contributed by atoms with Crippen molar-refractivity contribution in [3.05, 3.63) is 24.3 Å². The van der Waals surface area contributed by atoms with E-state index in [2.05, 4.69) is 16.0 Å². The van der Waals surface area contributed by atoms with Crippen LogP contribution < -0.4 is 20.7 Å². The van der Waals surface area contributed by atoms with Gasteiger partial charge in [-0.05, 0) is 12.1 Å². The molecule has 2 rings (SSSR count). The van der Waals surface area contributed by atoms with Crippen LogP contribution in [0.3, 0.4) is 0 Å². The van der Waals surface area contributed by atoms with Crippen molar-refractivity contribution in [1.82, 2.24) is 10.6 Å². The zero-order chi connectivity index (χ0) is 16.5. The fourth-order valence-electron chi connectivity index (χ4n) is 2.27. The summed E-state index contributed by atoms with van der Waals surface area (Å²) in [5.41, 5.74) is 0.694. The topological polar surface area (TPSA) is 79.5 Å². The van der Waals surface area contributed by atoms with E-state index in [1.807, 2.05) is 23.9 Å². The van der Waals surface area contributed by atoms with Gasteiger partial charge < -0.3 is 20.7 Å². The first-order valence-electron chi connectivity index (χ1n) is 7.72. The molecule has 1 saturated heterocycles. The Hall–Kier alpha value is -1.44. The minimum atomic E-state index is -0.121. The Morgan fingerprint density at radius 1 is 1.42 bits per heavy atom. The number of halogens is 1. The molecule has 1 fully saturated rings. The summed E-state index contributed by atoms with van der Waals surface area (Å²) < 4.78 is 5.58. The summed E-state index contributed by atoms with van der Waals surface area (Å²) in [6.07, 6.45) is 0.505. The van der Waals surface area contributed by atoms with Crippen LogP contribution in [0.2, 0.25) is 0 Å². The zero-order valence-electron chi connectivity index (χ0n) is 13.7. The van der Waals surface area contributed by atoms with E-state index < -0.39 is 0 Å². The van der Waals surface area contributed by atoms with Gasteiger partial charge in [0, 0.05) is 49.2 Å². The van der Waals surface area contributed by atoms with Crippen LogP contribution in [-0.4, -0.2) is 49.1 Å². The van der Waals surface area contributed by atoms with Crippen molar-refractivity contribution in [1.29, 1.82) is 0 Å². The van der Waals surface area contributed by atoms with E-state index in [0.29, 0.717) is 31.0 Å². The SMILES string of the molecule is CC(=O)Nc1cccc(OCCNC(=O)CC2CSCCN2)c1.Cl. The number of carbonyl (C=O) groups excluding carboxylic acids is 2. The predicted octanol–water partition coefficient (Wildman–Crippen LogP) is 1.66. The minimum Gasteiger partial charge on any atom is -0.492 e. The fraction of sp³-hybridized carbons (Fsp3) is 0.500. The van der Waals surface area contributed by atoms with Crippen molar-refractivity contribution in [3.63, 3.8) is 0 Å². The highest BCUT2D eigenvalue weighted by Crippen LogP contribution is 2.17. The number of anilines is 1. The van der Waals surface area contributed by atoms with Crippen molar-refractivity contribution in [3.8, 4) is 5.75 Å². The van der Waals surface area contributed by atoms with E-state index in [1.165, 1.54) is 6.92 Å². The third-order valence-electron chi connectivity index (χ3n) is 3.28. The molecule has 0 spiro atoms. The van der Waals surface area contributed by atoms with Crippen molar-refractivity contribution in [2.75, 3.05) is 36.5 Å². The molecular formula is C16H24ClN3O3S. The molecule has 1 heterocycles. The Balaban J connectivity index is 0.00000288. The Labute approximate surface area is 152 Å². The smallest absolute Gasteiger partial charge is 0.221 e. The summed E-state index contributed by atoms with van der Waals surface area (Å²) in [5.74, 6) is 2.68. The number of carbonyl (C=O) groups is 2. The van der Waals surface area contributed by atoms with E-state index in [1.54, 1.807) is 12.1 Å². The lowest BCUT2D eigenvalue weighted by molar-refractivity contribution is -0.121. The number of rotatable bonds is 7. The maximum atomic E-state index is 11.8. The first-order valence-corrected chi connectivity index (χ1v) is 8.87. The number of hydrogen-bond donors (Lipinski definition) is 3. The lowest BCUT2D eigenvalue weighted by atomic mass is 10.2. The van der Waals surface area contributed by atoms with Gasteiger partial charge in [0.1, 0.15) is 12.4 Å². The van der Waals surface area contributed by atoms with Crippen LogP contribution in [0.25, 0.3) is 0 Å². The highest BCUT2D eigenvalue weighted by Gasteiger charge is 2.16. The number of thioether (sulfide) groups is 1. The van der Waals surface area contributed by atoms with Gasteiger partial charge in [-0.15, -0.1) is 12.4 Å². The summed E-state index contributed by atoms with van der Waals surface area (Å²) in [4.78, 5) is 22.9. The molecule has 0 radical (unpaired) electrons. The van der Waals surface area contributed by atoms with Crippen molar-refractivity contribution in [2.24, 2.45) is 0 Å². The Morgan fingerprint density at radius 3 is 2.96 bits per heavy atom. The van der Waals surface area contributed by atoms with Crippen molar-refractivity contribution in [2.45, 2.75) is 19.4 Å². The van der Waals surface area contributed by atoms with Gasteiger partial charge in [0.05, 0.1) is 6.54 Å². The van der Waals surface area contributed by atoms with E-state index in [4.69, 9.17) is 4.74 Å². The molecular weight excluding hydrogens is 350 g/mol. The van der Waals surface area contributed by atoms with Crippen LogP contribution >= 0.6 is 24.2 Å². The molecule has 3 N–H and O–H groups in total. The summed E-state index contributed by atoms with van der Waals surface area (Å²) in [6, 6.07) is 7.45. The third kappa shape index (κ3) is 7.90. The van der Waals surface area contributed by atoms with Gasteiger partial charge in [-0.1, -0.05) is 6.07 Å². The molecule has 0 aliphatic carbocycles. The predicted molar refractivity (Wildman–Crippen MR) is 100 cm³/mol. The Morgan fingerprint density at radius 2 is 2.25 bits per heavy atom. The fourth-order valence-corrected chi connectivity index (χ4v) is 3.22. The second-order valence-corrected chi connectivity index (χ2v) is 6.49. The number of nitrogens with one attached hydrogen (secondary N) is 3. The lowest BCUT2D eigenvalue weighted by Gasteiger charge is -2.22. The average Bonchev–Trinajstić information content (AvgIpc) is 2.52. The number of hydrogen-bond acceptors (Lipinski definition) is 5. The molecule has 0 aromatic heterocycles. The van der Waals surface area contributed by atoms with Gasteiger partial charge in [0.25, 0.3) is 0 Å². The number of amides is 2. The van der Waals surface area contributed by atoms with Gasteiger partial charge in [0.15, 0.2) is 0 Å². The molecule has 24 heavy (non-hydrogen) atoms. The Bertz CT molecular complexity index is 539. The van der Waals surface area contributed by atoms with Crippen LogP contribution in [0.5, 0.6) is 5.75 Å². The van der Waals surface area contributed by atoms with E-state index in [9.17, 15) is 9.59 Å². The molecule has 1 atom stereocenters. The molecule has 0 bridgehead atoms. The molecule has 1 aliphatic rings. The zero-order valence-corrected chi connectivity index (χ0v) is 15.3. The minimum absolute atomic E-state index is 0. The van der Waals surface area contributed by atoms with Crippen LogP contribution in [0.4, 0.5) is 5.69 Å². The van der Waals surface area contributed by atoms with E-state index >= 15 is 0 Å². The van der Waals surface area contributed by atoms with E-state index in [0.717, 1.165) is 18.1 Å². The van der Waals surface area contributed by atoms with Gasteiger partial charge in [-0.2, -0.15) is 11.8 Å². The van der Waals surface area contributed by atoms with Gasteiger partial charge >= 0.3 is 0 Å². The van der Waals surface area contributed by atoms with Gasteiger partial charge in [-0.3, -0.25) is 9.59 Å². The highest BCUT2D eigenvalue weighted by molar-refractivity contribution is 7.99. The normalized spacial score (nSPS) is 16.6.